The van der Waals surface area contributed by atoms with Crippen molar-refractivity contribution < 1.29 is 13.9 Å². The minimum absolute atomic E-state index is 0.198. The van der Waals surface area contributed by atoms with E-state index in [0.29, 0.717) is 34.0 Å². The number of rotatable bonds is 4. The first-order valence-corrected chi connectivity index (χ1v) is 9.94. The van der Waals surface area contributed by atoms with Crippen molar-refractivity contribution in [1.29, 1.82) is 0 Å². The number of carbonyl (C=O) groups excluding carboxylic acids is 1. The molecule has 5 rings (SSSR count). The molecule has 0 saturated carbocycles. The molecule has 146 valence electrons. The van der Waals surface area contributed by atoms with Crippen molar-refractivity contribution in [2.45, 2.75) is 0 Å². The number of para-hydroxylation sites is 1. The first-order valence-electron chi connectivity index (χ1n) is 9.15. The second-order valence-corrected chi connectivity index (χ2v) is 7.37. The van der Waals surface area contributed by atoms with E-state index in [-0.39, 0.29) is 5.91 Å². The number of hydrogen-bond acceptors (Lipinski definition) is 5. The van der Waals surface area contributed by atoms with Crippen LogP contribution in [0.5, 0.6) is 11.6 Å². The van der Waals surface area contributed by atoms with Gasteiger partial charge in [-0.25, -0.2) is 4.98 Å². The molecule has 0 atom stereocenters. The molecule has 1 N–H and O–H groups in total. The number of carbonyl (C=O) groups is 1. The van der Waals surface area contributed by atoms with Crippen LogP contribution in [0.15, 0.2) is 88.0 Å². The summed E-state index contributed by atoms with van der Waals surface area (Å²) in [4.78, 5) is 21.0. The van der Waals surface area contributed by atoms with Gasteiger partial charge in [-0.1, -0.05) is 24.3 Å². The van der Waals surface area contributed by atoms with Gasteiger partial charge in [-0.2, -0.15) is 4.98 Å². The number of benzene rings is 3. The molecule has 0 bridgehead atoms. The maximum absolute atomic E-state index is 12.4. The third-order valence-corrected chi connectivity index (χ3v) is 5.26. The number of nitrogens with one attached hydrogen (secondary N) is 1. The molecule has 0 aliphatic heterocycles. The average molecular weight is 460 g/mol. The van der Waals surface area contributed by atoms with E-state index in [4.69, 9.17) is 9.15 Å². The van der Waals surface area contributed by atoms with E-state index in [1.54, 1.807) is 30.3 Å². The Morgan fingerprint density at radius 2 is 1.70 bits per heavy atom. The molecule has 2 heterocycles. The Labute approximate surface area is 179 Å². The van der Waals surface area contributed by atoms with Crippen molar-refractivity contribution in [1.82, 2.24) is 9.97 Å². The fourth-order valence-corrected chi connectivity index (χ4v) is 3.60. The zero-order chi connectivity index (χ0) is 20.5. The summed E-state index contributed by atoms with van der Waals surface area (Å²) in [5.74, 6) is 0.700. The number of hydrogen-bond donors (Lipinski definition) is 1. The molecule has 0 radical (unpaired) electrons. The highest BCUT2D eigenvalue weighted by Crippen LogP contribution is 2.33. The maximum Gasteiger partial charge on any atom is 0.267 e. The molecule has 0 fully saturated rings. The predicted octanol–water partition coefficient (Wildman–Crippen LogP) is 6.18. The van der Waals surface area contributed by atoms with Crippen molar-refractivity contribution in [2.24, 2.45) is 0 Å². The Morgan fingerprint density at radius 3 is 2.53 bits per heavy atom. The Balaban J connectivity index is 1.38. The summed E-state index contributed by atoms with van der Waals surface area (Å²) < 4.78 is 12.5. The van der Waals surface area contributed by atoms with E-state index in [0.717, 1.165) is 15.4 Å². The first kappa shape index (κ1) is 18.3. The van der Waals surface area contributed by atoms with Gasteiger partial charge in [-0.05, 0) is 64.5 Å². The van der Waals surface area contributed by atoms with E-state index in [1.165, 1.54) is 6.33 Å². The van der Waals surface area contributed by atoms with Gasteiger partial charge in [0, 0.05) is 15.5 Å². The average Bonchev–Trinajstić information content (AvgIpc) is 3.15. The van der Waals surface area contributed by atoms with Crippen molar-refractivity contribution in [3.05, 3.63) is 89.2 Å². The maximum atomic E-state index is 12.4. The standard InChI is InChI=1S/C23H14BrN3O3/c24-18-7-3-1-5-16(18)22(28)27-14-9-11-15(12-10-14)29-23-21-20(25-13-26-23)17-6-2-4-8-19(17)30-21/h1-13H,(H,27,28). The molecule has 0 spiro atoms. The largest absolute Gasteiger partial charge is 0.449 e. The van der Waals surface area contributed by atoms with Crippen molar-refractivity contribution in [3.8, 4) is 11.6 Å². The highest BCUT2D eigenvalue weighted by atomic mass is 79.9. The zero-order valence-electron chi connectivity index (χ0n) is 15.5. The lowest BCUT2D eigenvalue weighted by Gasteiger charge is -2.08. The molecule has 2 aromatic heterocycles. The zero-order valence-corrected chi connectivity index (χ0v) is 17.1. The van der Waals surface area contributed by atoms with Gasteiger partial charge < -0.3 is 14.5 Å². The monoisotopic (exact) mass is 459 g/mol. The summed E-state index contributed by atoms with van der Waals surface area (Å²) in [5.41, 5.74) is 3.13. The topological polar surface area (TPSA) is 77.2 Å². The van der Waals surface area contributed by atoms with Crippen LogP contribution in [-0.2, 0) is 0 Å². The third-order valence-electron chi connectivity index (χ3n) is 4.57. The van der Waals surface area contributed by atoms with Crippen molar-refractivity contribution in [3.63, 3.8) is 0 Å². The van der Waals surface area contributed by atoms with Gasteiger partial charge in [0.2, 0.25) is 5.58 Å². The molecule has 1 amide bonds. The molecule has 0 aliphatic rings. The van der Waals surface area contributed by atoms with Gasteiger partial charge in [0.1, 0.15) is 23.2 Å². The smallest absolute Gasteiger partial charge is 0.267 e. The SMILES string of the molecule is O=C(Nc1ccc(Oc2ncnc3c2oc2ccccc23)cc1)c1ccccc1Br. The van der Waals surface area contributed by atoms with Gasteiger partial charge >= 0.3 is 0 Å². The van der Waals surface area contributed by atoms with E-state index in [2.05, 4.69) is 31.2 Å². The summed E-state index contributed by atoms with van der Waals surface area (Å²) in [6, 6.07) is 22.0. The van der Waals surface area contributed by atoms with E-state index >= 15 is 0 Å². The van der Waals surface area contributed by atoms with Crippen LogP contribution in [0.2, 0.25) is 0 Å². The Hall–Kier alpha value is -3.71. The van der Waals surface area contributed by atoms with Crippen LogP contribution in [0.4, 0.5) is 5.69 Å². The first-order chi connectivity index (χ1) is 14.7. The third kappa shape index (κ3) is 3.40. The fourth-order valence-electron chi connectivity index (χ4n) is 3.14. The fraction of sp³-hybridized carbons (Fsp3) is 0. The number of aromatic nitrogens is 2. The normalized spacial score (nSPS) is 11.0. The molecule has 0 unspecified atom stereocenters. The number of nitrogens with zero attached hydrogens (tertiary/aromatic N) is 2. The van der Waals surface area contributed by atoms with Gasteiger partial charge in [0.15, 0.2) is 0 Å². The van der Waals surface area contributed by atoms with Gasteiger partial charge in [0.25, 0.3) is 11.8 Å². The van der Waals surface area contributed by atoms with Gasteiger partial charge in [-0.15, -0.1) is 0 Å². The molecule has 6 nitrogen and oxygen atoms in total. The number of anilines is 1. The van der Waals surface area contributed by atoms with Crippen LogP contribution in [0.3, 0.4) is 0 Å². The van der Waals surface area contributed by atoms with Crippen LogP contribution < -0.4 is 10.1 Å². The summed E-state index contributed by atoms with van der Waals surface area (Å²) in [6.45, 7) is 0. The number of amides is 1. The summed E-state index contributed by atoms with van der Waals surface area (Å²) in [5, 5.41) is 3.78. The van der Waals surface area contributed by atoms with Crippen LogP contribution in [-0.4, -0.2) is 15.9 Å². The number of furan rings is 1. The van der Waals surface area contributed by atoms with Gasteiger partial charge in [0.05, 0.1) is 5.56 Å². The number of ether oxygens (including phenoxy) is 1. The number of fused-ring (bicyclic) bond motifs is 3. The lowest BCUT2D eigenvalue weighted by atomic mass is 10.2. The van der Waals surface area contributed by atoms with Gasteiger partial charge in [-0.3, -0.25) is 4.79 Å². The predicted molar refractivity (Wildman–Crippen MR) is 118 cm³/mol. The Morgan fingerprint density at radius 1 is 0.933 bits per heavy atom. The van der Waals surface area contributed by atoms with E-state index in [1.807, 2.05) is 42.5 Å². The molecule has 0 aliphatic carbocycles. The number of halogens is 1. The molecular weight excluding hydrogens is 446 g/mol. The quantitative estimate of drug-likeness (QED) is 0.347. The van der Waals surface area contributed by atoms with Crippen LogP contribution in [0.1, 0.15) is 10.4 Å². The molecule has 5 aromatic rings. The highest BCUT2D eigenvalue weighted by Gasteiger charge is 2.15. The van der Waals surface area contributed by atoms with Crippen molar-refractivity contribution in [2.75, 3.05) is 5.32 Å². The second-order valence-electron chi connectivity index (χ2n) is 6.52. The van der Waals surface area contributed by atoms with Crippen molar-refractivity contribution >= 4 is 49.6 Å². The minimum atomic E-state index is -0.198. The van der Waals surface area contributed by atoms with E-state index < -0.39 is 0 Å². The molecule has 0 saturated heterocycles. The van der Waals surface area contributed by atoms with Crippen LogP contribution in [0, 0.1) is 0 Å². The Bertz CT molecular complexity index is 1380. The summed E-state index contributed by atoms with van der Waals surface area (Å²) in [6.07, 6.45) is 1.45. The molecule has 7 heteroatoms. The highest BCUT2D eigenvalue weighted by molar-refractivity contribution is 9.10. The molecular formula is C23H14BrN3O3. The molecule has 3 aromatic carbocycles. The Kier molecular flexibility index (Phi) is 4.65. The summed E-state index contributed by atoms with van der Waals surface area (Å²) >= 11 is 3.39. The lowest BCUT2D eigenvalue weighted by Crippen LogP contribution is -2.12. The minimum Gasteiger partial charge on any atom is -0.449 e. The summed E-state index contributed by atoms with van der Waals surface area (Å²) in [7, 11) is 0. The lowest BCUT2D eigenvalue weighted by molar-refractivity contribution is 0.102. The second kappa shape index (κ2) is 7.61. The van der Waals surface area contributed by atoms with Crippen LogP contribution >= 0.6 is 15.9 Å². The van der Waals surface area contributed by atoms with E-state index in [9.17, 15) is 4.79 Å². The van der Waals surface area contributed by atoms with Crippen LogP contribution in [0.25, 0.3) is 22.1 Å². The molecule has 30 heavy (non-hydrogen) atoms.